The molecule has 7 heavy (non-hydrogen) atoms. The van der Waals surface area contributed by atoms with E-state index in [9.17, 15) is 0 Å². The van der Waals surface area contributed by atoms with Crippen molar-refractivity contribution in [1.29, 1.82) is 0 Å². The van der Waals surface area contributed by atoms with Crippen molar-refractivity contribution in [2.24, 2.45) is 21.7 Å². The van der Waals surface area contributed by atoms with Crippen LogP contribution in [0.1, 0.15) is 0 Å². The standard InChI is InChI=1S/C2H6N4.ClH/c1-5-2(3)6-4;/h1,4H2,(H2,3,6);1H. The molecular formula is C2H7ClN4. The summed E-state index contributed by atoms with van der Waals surface area (Å²) in [5.41, 5.74) is 4.87. The molecule has 5 heteroatoms. The predicted octanol–water partition coefficient (Wildman–Crippen LogP) is -0.703. The zero-order valence-corrected chi connectivity index (χ0v) is 4.48. The number of halogens is 1. The Kier molecular flexibility index (Phi) is 7.12. The first-order valence-corrected chi connectivity index (χ1v) is 1.31. The molecule has 0 aromatic rings. The number of guanidine groups is 1. The highest BCUT2D eigenvalue weighted by Gasteiger charge is 1.70. The van der Waals surface area contributed by atoms with Gasteiger partial charge in [0.05, 0.1) is 0 Å². The monoisotopic (exact) mass is 122 g/mol. The van der Waals surface area contributed by atoms with Gasteiger partial charge in [0.2, 0.25) is 5.96 Å². The minimum atomic E-state index is 0. The maximum Gasteiger partial charge on any atom is 0.236 e. The second kappa shape index (κ2) is 5.23. The van der Waals surface area contributed by atoms with Crippen molar-refractivity contribution in [2.45, 2.75) is 0 Å². The van der Waals surface area contributed by atoms with Gasteiger partial charge in [-0.15, -0.1) is 17.5 Å². The Hall–Kier alpha value is -0.770. The van der Waals surface area contributed by atoms with Crippen LogP contribution in [0.15, 0.2) is 10.1 Å². The van der Waals surface area contributed by atoms with Crippen LogP contribution in [-0.4, -0.2) is 12.7 Å². The lowest BCUT2D eigenvalue weighted by Gasteiger charge is -1.78. The minimum Gasteiger partial charge on any atom is -0.367 e. The Bertz CT molecular complexity index is 77.8. The summed E-state index contributed by atoms with van der Waals surface area (Å²) in [6, 6.07) is 0. The van der Waals surface area contributed by atoms with E-state index in [1.165, 1.54) is 0 Å². The van der Waals surface area contributed by atoms with Crippen molar-refractivity contribution in [2.75, 3.05) is 0 Å². The fraction of sp³-hybridized carbons (Fsp3) is 0. The zero-order valence-electron chi connectivity index (χ0n) is 3.66. The third kappa shape index (κ3) is 5.23. The van der Waals surface area contributed by atoms with Gasteiger partial charge in [-0.3, -0.25) is 0 Å². The molecule has 0 aliphatic heterocycles. The van der Waals surface area contributed by atoms with Crippen LogP contribution in [0.4, 0.5) is 0 Å². The summed E-state index contributed by atoms with van der Waals surface area (Å²) in [5.74, 6) is 4.62. The molecule has 0 rings (SSSR count). The summed E-state index contributed by atoms with van der Waals surface area (Å²) in [6.07, 6.45) is 0. The van der Waals surface area contributed by atoms with Crippen LogP contribution in [0.25, 0.3) is 0 Å². The van der Waals surface area contributed by atoms with E-state index in [2.05, 4.69) is 22.7 Å². The van der Waals surface area contributed by atoms with Gasteiger partial charge in [-0.25, -0.2) is 4.99 Å². The molecule has 42 valence electrons. The molecule has 0 aromatic carbocycles. The van der Waals surface area contributed by atoms with Gasteiger partial charge in [0, 0.05) is 0 Å². The largest absolute Gasteiger partial charge is 0.367 e. The van der Waals surface area contributed by atoms with Crippen molar-refractivity contribution in [1.82, 2.24) is 0 Å². The average Bonchev–Trinajstić information content (AvgIpc) is 1.65. The molecule has 0 heterocycles. The van der Waals surface area contributed by atoms with Gasteiger partial charge in [-0.05, 0) is 6.72 Å². The summed E-state index contributed by atoms with van der Waals surface area (Å²) >= 11 is 0. The number of aliphatic imine (C=N–C) groups is 1. The number of rotatable bonds is 0. The first-order chi connectivity index (χ1) is 2.81. The van der Waals surface area contributed by atoms with Crippen molar-refractivity contribution >= 4 is 25.1 Å². The highest BCUT2D eigenvalue weighted by Crippen LogP contribution is 1.55. The number of nitrogens with two attached hydrogens (primary N) is 2. The van der Waals surface area contributed by atoms with Crippen LogP contribution in [0.3, 0.4) is 0 Å². The summed E-state index contributed by atoms with van der Waals surface area (Å²) in [4.78, 5) is 3.16. The summed E-state index contributed by atoms with van der Waals surface area (Å²) < 4.78 is 0. The van der Waals surface area contributed by atoms with E-state index in [1.807, 2.05) is 0 Å². The van der Waals surface area contributed by atoms with Crippen molar-refractivity contribution in [3.8, 4) is 0 Å². The first kappa shape index (κ1) is 9.52. The maximum atomic E-state index is 4.87. The molecule has 4 nitrogen and oxygen atoms in total. The van der Waals surface area contributed by atoms with Gasteiger partial charge < -0.3 is 11.6 Å². The zero-order chi connectivity index (χ0) is 4.99. The molecule has 0 radical (unpaired) electrons. The Morgan fingerprint density at radius 3 is 2.00 bits per heavy atom. The lowest BCUT2D eigenvalue weighted by molar-refractivity contribution is 1.21. The first-order valence-electron chi connectivity index (χ1n) is 1.31. The van der Waals surface area contributed by atoms with Crippen LogP contribution in [0, 0.1) is 0 Å². The third-order valence-electron chi connectivity index (χ3n) is 0.294. The summed E-state index contributed by atoms with van der Waals surface area (Å²) in [7, 11) is 0. The summed E-state index contributed by atoms with van der Waals surface area (Å²) in [6.45, 7) is 3.05. The highest BCUT2D eigenvalue weighted by molar-refractivity contribution is 5.85. The molecule has 0 atom stereocenters. The Balaban J connectivity index is 0. The van der Waals surface area contributed by atoms with Crippen molar-refractivity contribution in [3.63, 3.8) is 0 Å². The van der Waals surface area contributed by atoms with Crippen LogP contribution in [-0.2, 0) is 0 Å². The third-order valence-corrected chi connectivity index (χ3v) is 0.294. The molecule has 0 saturated heterocycles. The van der Waals surface area contributed by atoms with E-state index in [0.29, 0.717) is 0 Å². The molecule has 0 spiro atoms. The van der Waals surface area contributed by atoms with E-state index in [1.54, 1.807) is 0 Å². The smallest absolute Gasteiger partial charge is 0.236 e. The van der Waals surface area contributed by atoms with E-state index in [0.717, 1.165) is 0 Å². The fourth-order valence-corrected chi connectivity index (χ4v) is 0.0408. The Morgan fingerprint density at radius 1 is 1.57 bits per heavy atom. The molecular weight excluding hydrogens is 116 g/mol. The number of hydrazone groups is 1. The number of nitrogens with zero attached hydrogens (tertiary/aromatic N) is 2. The molecule has 0 aliphatic rings. The highest BCUT2D eigenvalue weighted by atomic mass is 35.5. The topological polar surface area (TPSA) is 76.8 Å². The van der Waals surface area contributed by atoms with E-state index in [-0.39, 0.29) is 18.4 Å². The Morgan fingerprint density at radius 2 is 2.00 bits per heavy atom. The fourth-order valence-electron chi connectivity index (χ4n) is 0.0408. The normalized spacial score (nSPS) is 9.43. The molecule has 0 fully saturated rings. The maximum absolute atomic E-state index is 4.87. The molecule has 0 aromatic heterocycles. The van der Waals surface area contributed by atoms with Gasteiger partial charge in [0.1, 0.15) is 0 Å². The lowest BCUT2D eigenvalue weighted by Crippen LogP contribution is -2.09. The van der Waals surface area contributed by atoms with Crippen LogP contribution in [0.2, 0.25) is 0 Å². The second-order valence-corrected chi connectivity index (χ2v) is 0.645. The molecule has 0 bridgehead atoms. The quantitative estimate of drug-likeness (QED) is 0.193. The van der Waals surface area contributed by atoms with E-state index >= 15 is 0 Å². The van der Waals surface area contributed by atoms with Gasteiger partial charge >= 0.3 is 0 Å². The van der Waals surface area contributed by atoms with E-state index < -0.39 is 0 Å². The van der Waals surface area contributed by atoms with Gasteiger partial charge in [-0.2, -0.15) is 0 Å². The van der Waals surface area contributed by atoms with Gasteiger partial charge in [0.15, 0.2) is 0 Å². The number of hydrogen-bond acceptors (Lipinski definition) is 2. The van der Waals surface area contributed by atoms with Gasteiger partial charge in [-0.1, -0.05) is 0 Å². The van der Waals surface area contributed by atoms with Crippen LogP contribution >= 0.6 is 12.4 Å². The van der Waals surface area contributed by atoms with E-state index in [4.69, 9.17) is 5.73 Å². The Labute approximate surface area is 47.7 Å². The second-order valence-electron chi connectivity index (χ2n) is 0.645. The van der Waals surface area contributed by atoms with Crippen molar-refractivity contribution < 1.29 is 0 Å². The van der Waals surface area contributed by atoms with Gasteiger partial charge in [0.25, 0.3) is 0 Å². The molecule has 4 N–H and O–H groups in total. The average molecular weight is 123 g/mol. The molecule has 0 aliphatic carbocycles. The lowest BCUT2D eigenvalue weighted by atomic mass is 11.1. The van der Waals surface area contributed by atoms with Crippen molar-refractivity contribution in [3.05, 3.63) is 0 Å². The molecule has 0 unspecified atom stereocenters. The molecule has 0 amide bonds. The SMILES string of the molecule is C=NC(N)=NN.Cl. The van der Waals surface area contributed by atoms with Crippen LogP contribution < -0.4 is 11.6 Å². The number of hydrogen-bond donors (Lipinski definition) is 2. The minimum absolute atomic E-state index is 0. The van der Waals surface area contributed by atoms with Crippen LogP contribution in [0.5, 0.6) is 0 Å². The summed E-state index contributed by atoms with van der Waals surface area (Å²) in [5, 5.41) is 2.97. The molecule has 0 saturated carbocycles. The predicted molar refractivity (Wildman–Crippen MR) is 32.6 cm³/mol.